The molecule has 110 valence electrons. The number of hydrogen-bond acceptors (Lipinski definition) is 1. The van der Waals surface area contributed by atoms with E-state index in [4.69, 9.17) is 4.74 Å². The first-order valence-corrected chi connectivity index (χ1v) is 7.55. The minimum atomic E-state index is -0.0213. The van der Waals surface area contributed by atoms with Crippen LogP contribution in [0.25, 0.3) is 0 Å². The fraction of sp³-hybridized carbons (Fsp3) is 0.143. The monoisotopic (exact) mass is 288 g/mol. The average molecular weight is 288 g/mol. The van der Waals surface area contributed by atoms with Crippen LogP contribution in [0.4, 0.5) is 0 Å². The number of benzene rings is 3. The lowest BCUT2D eigenvalue weighted by atomic mass is 9.78. The first kappa shape index (κ1) is 14.4. The van der Waals surface area contributed by atoms with E-state index in [1.165, 1.54) is 11.1 Å². The van der Waals surface area contributed by atoms with E-state index >= 15 is 0 Å². The van der Waals surface area contributed by atoms with Crippen LogP contribution in [-0.2, 0) is 5.41 Å². The number of ether oxygens (including phenoxy) is 1. The van der Waals surface area contributed by atoms with E-state index in [-0.39, 0.29) is 5.41 Å². The molecule has 3 aromatic carbocycles. The Kier molecular flexibility index (Phi) is 3.97. The fourth-order valence-electron chi connectivity index (χ4n) is 2.59. The van der Waals surface area contributed by atoms with Crippen molar-refractivity contribution in [2.45, 2.75) is 19.3 Å². The summed E-state index contributed by atoms with van der Waals surface area (Å²) in [7, 11) is 0. The van der Waals surface area contributed by atoms with Crippen LogP contribution in [0.15, 0.2) is 84.9 Å². The first-order valence-electron chi connectivity index (χ1n) is 7.55. The van der Waals surface area contributed by atoms with E-state index in [1.807, 2.05) is 42.5 Å². The van der Waals surface area contributed by atoms with Gasteiger partial charge in [-0.25, -0.2) is 0 Å². The van der Waals surface area contributed by atoms with Crippen molar-refractivity contribution in [3.05, 3.63) is 96.1 Å². The van der Waals surface area contributed by atoms with Gasteiger partial charge in [-0.05, 0) is 35.4 Å². The third kappa shape index (κ3) is 3.04. The van der Waals surface area contributed by atoms with Crippen molar-refractivity contribution in [2.24, 2.45) is 0 Å². The molecule has 0 aliphatic heterocycles. The molecule has 1 heteroatoms. The minimum Gasteiger partial charge on any atom is -0.457 e. The van der Waals surface area contributed by atoms with Crippen molar-refractivity contribution in [2.75, 3.05) is 0 Å². The summed E-state index contributed by atoms with van der Waals surface area (Å²) < 4.78 is 5.85. The van der Waals surface area contributed by atoms with Crippen LogP contribution < -0.4 is 4.74 Å². The van der Waals surface area contributed by atoms with Crippen LogP contribution >= 0.6 is 0 Å². The Bertz CT molecular complexity index is 713. The third-order valence-electron chi connectivity index (χ3n) is 4.05. The summed E-state index contributed by atoms with van der Waals surface area (Å²) in [4.78, 5) is 0. The Morgan fingerprint density at radius 3 is 1.59 bits per heavy atom. The second-order valence-electron chi connectivity index (χ2n) is 5.93. The van der Waals surface area contributed by atoms with Crippen molar-refractivity contribution in [1.29, 1.82) is 0 Å². The molecule has 0 saturated carbocycles. The van der Waals surface area contributed by atoms with Gasteiger partial charge < -0.3 is 4.74 Å². The molecule has 0 amide bonds. The largest absolute Gasteiger partial charge is 0.457 e. The number of rotatable bonds is 4. The maximum atomic E-state index is 5.85. The van der Waals surface area contributed by atoms with Gasteiger partial charge in [0.1, 0.15) is 11.5 Å². The molecule has 0 bridgehead atoms. The molecule has 3 aromatic rings. The quantitative estimate of drug-likeness (QED) is 0.589. The molecular formula is C21H20O. The molecule has 0 radical (unpaired) electrons. The van der Waals surface area contributed by atoms with Gasteiger partial charge in [-0.2, -0.15) is 0 Å². The summed E-state index contributed by atoms with van der Waals surface area (Å²) in [5.41, 5.74) is 2.57. The molecule has 22 heavy (non-hydrogen) atoms. The standard InChI is InChI=1S/C21H20O/c1-21(2,17-9-5-3-6-10-17)18-13-15-20(16-14-18)22-19-11-7-4-8-12-19/h3-16H,1-2H3. The molecule has 1 nitrogen and oxygen atoms in total. The van der Waals surface area contributed by atoms with E-state index in [0.29, 0.717) is 0 Å². The SMILES string of the molecule is CC(C)(c1ccccc1)c1ccc(Oc2ccccc2)cc1. The van der Waals surface area contributed by atoms with Gasteiger partial charge in [0.25, 0.3) is 0 Å². The summed E-state index contributed by atoms with van der Waals surface area (Å²) in [5, 5.41) is 0. The molecule has 0 unspecified atom stereocenters. The lowest BCUT2D eigenvalue weighted by molar-refractivity contribution is 0.482. The first-order chi connectivity index (χ1) is 10.7. The highest BCUT2D eigenvalue weighted by Crippen LogP contribution is 2.32. The van der Waals surface area contributed by atoms with E-state index in [1.54, 1.807) is 0 Å². The Morgan fingerprint density at radius 2 is 1.00 bits per heavy atom. The van der Waals surface area contributed by atoms with Gasteiger partial charge in [0.15, 0.2) is 0 Å². The van der Waals surface area contributed by atoms with Gasteiger partial charge in [0, 0.05) is 5.41 Å². The van der Waals surface area contributed by atoms with Crippen LogP contribution in [-0.4, -0.2) is 0 Å². The van der Waals surface area contributed by atoms with Crippen molar-refractivity contribution < 1.29 is 4.74 Å². The predicted octanol–water partition coefficient (Wildman–Crippen LogP) is 5.80. The summed E-state index contributed by atoms with van der Waals surface area (Å²) in [6, 6.07) is 28.8. The Balaban J connectivity index is 1.82. The molecule has 0 heterocycles. The second-order valence-corrected chi connectivity index (χ2v) is 5.93. The number of hydrogen-bond donors (Lipinski definition) is 0. The normalized spacial score (nSPS) is 11.2. The molecule has 0 aliphatic rings. The van der Waals surface area contributed by atoms with Gasteiger partial charge in [-0.15, -0.1) is 0 Å². The Morgan fingerprint density at radius 1 is 0.545 bits per heavy atom. The summed E-state index contributed by atoms with van der Waals surface area (Å²) >= 11 is 0. The smallest absolute Gasteiger partial charge is 0.127 e. The minimum absolute atomic E-state index is 0.0213. The summed E-state index contributed by atoms with van der Waals surface area (Å²) in [5.74, 6) is 1.72. The Labute approximate surface area is 132 Å². The average Bonchev–Trinajstić information content (AvgIpc) is 2.57. The van der Waals surface area contributed by atoms with Crippen molar-refractivity contribution >= 4 is 0 Å². The molecule has 0 aromatic heterocycles. The van der Waals surface area contributed by atoms with Crippen molar-refractivity contribution in [1.82, 2.24) is 0 Å². The van der Waals surface area contributed by atoms with Crippen LogP contribution in [0, 0.1) is 0 Å². The number of para-hydroxylation sites is 1. The lowest BCUT2D eigenvalue weighted by Gasteiger charge is -2.26. The van der Waals surface area contributed by atoms with Crippen molar-refractivity contribution in [3.63, 3.8) is 0 Å². The highest BCUT2D eigenvalue weighted by molar-refractivity contribution is 5.41. The van der Waals surface area contributed by atoms with Gasteiger partial charge in [0.2, 0.25) is 0 Å². The molecular weight excluding hydrogens is 268 g/mol. The van der Waals surface area contributed by atoms with Crippen molar-refractivity contribution in [3.8, 4) is 11.5 Å². The van der Waals surface area contributed by atoms with E-state index in [9.17, 15) is 0 Å². The second kappa shape index (κ2) is 6.07. The Hall–Kier alpha value is -2.54. The van der Waals surface area contributed by atoms with Gasteiger partial charge in [-0.1, -0.05) is 74.5 Å². The molecule has 0 spiro atoms. The molecule has 0 saturated heterocycles. The topological polar surface area (TPSA) is 9.23 Å². The molecule has 3 rings (SSSR count). The van der Waals surface area contributed by atoms with Gasteiger partial charge >= 0.3 is 0 Å². The summed E-state index contributed by atoms with van der Waals surface area (Å²) in [6.45, 7) is 4.49. The van der Waals surface area contributed by atoms with Crippen LogP contribution in [0.5, 0.6) is 11.5 Å². The zero-order valence-corrected chi connectivity index (χ0v) is 13.0. The maximum Gasteiger partial charge on any atom is 0.127 e. The molecule has 0 fully saturated rings. The third-order valence-corrected chi connectivity index (χ3v) is 4.05. The van der Waals surface area contributed by atoms with Gasteiger partial charge in [-0.3, -0.25) is 0 Å². The molecule has 0 N–H and O–H groups in total. The highest BCUT2D eigenvalue weighted by atomic mass is 16.5. The predicted molar refractivity (Wildman–Crippen MR) is 91.5 cm³/mol. The fourth-order valence-corrected chi connectivity index (χ4v) is 2.59. The van der Waals surface area contributed by atoms with E-state index in [0.717, 1.165) is 11.5 Å². The van der Waals surface area contributed by atoms with E-state index in [2.05, 4.69) is 56.3 Å². The highest BCUT2D eigenvalue weighted by Gasteiger charge is 2.22. The van der Waals surface area contributed by atoms with Crippen LogP contribution in [0.3, 0.4) is 0 Å². The molecule has 0 atom stereocenters. The maximum absolute atomic E-state index is 5.85. The zero-order valence-electron chi connectivity index (χ0n) is 13.0. The zero-order chi connectivity index (χ0) is 15.4. The summed E-state index contributed by atoms with van der Waals surface area (Å²) in [6.07, 6.45) is 0. The lowest BCUT2D eigenvalue weighted by Crippen LogP contribution is -2.18. The van der Waals surface area contributed by atoms with Crippen LogP contribution in [0.1, 0.15) is 25.0 Å². The molecule has 0 aliphatic carbocycles. The van der Waals surface area contributed by atoms with Crippen LogP contribution in [0.2, 0.25) is 0 Å². The van der Waals surface area contributed by atoms with Gasteiger partial charge in [0.05, 0.1) is 0 Å². The van der Waals surface area contributed by atoms with E-state index < -0.39 is 0 Å².